The normalized spacial score (nSPS) is 10.5. The molecular weight excluding hydrogens is 362 g/mol. The highest BCUT2D eigenvalue weighted by Crippen LogP contribution is 2.27. The van der Waals surface area contributed by atoms with E-state index in [1.807, 2.05) is 60.7 Å². The van der Waals surface area contributed by atoms with Gasteiger partial charge in [0.2, 0.25) is 0 Å². The zero-order valence-electron chi connectivity index (χ0n) is 14.5. The molecule has 0 unspecified atom stereocenters. The second-order valence-corrected chi connectivity index (χ2v) is 5.94. The molecule has 0 heterocycles. The van der Waals surface area contributed by atoms with Crippen LogP contribution in [0, 0.1) is 20.2 Å². The number of hydrogen-bond acceptors (Lipinski definition) is 5. The number of rotatable bonds is 6. The van der Waals surface area contributed by atoms with Crippen molar-refractivity contribution in [2.75, 3.05) is 0 Å². The number of nitrogens with one attached hydrogen (secondary N) is 1. The fourth-order valence-corrected chi connectivity index (χ4v) is 2.84. The number of carbonyl (C=O) groups is 1. The SMILES string of the molecule is O=C(NC(c1ccccc1)c1ccccc1)c1ccc([N+](=O)[O-])cc1[N+](=O)[O-]. The summed E-state index contributed by atoms with van der Waals surface area (Å²) in [6.45, 7) is 0. The Hall–Kier alpha value is -4.07. The molecule has 0 fully saturated rings. The first kappa shape index (κ1) is 18.7. The van der Waals surface area contributed by atoms with Crippen LogP contribution in [-0.2, 0) is 0 Å². The molecule has 0 atom stereocenters. The van der Waals surface area contributed by atoms with Crippen LogP contribution < -0.4 is 5.32 Å². The average molecular weight is 377 g/mol. The van der Waals surface area contributed by atoms with Crippen molar-refractivity contribution in [2.24, 2.45) is 0 Å². The predicted octanol–water partition coefficient (Wildman–Crippen LogP) is 4.02. The van der Waals surface area contributed by atoms with E-state index in [4.69, 9.17) is 0 Å². The van der Waals surface area contributed by atoms with Crippen LogP contribution in [0.3, 0.4) is 0 Å². The summed E-state index contributed by atoms with van der Waals surface area (Å²) in [4.78, 5) is 33.5. The number of benzene rings is 3. The molecule has 140 valence electrons. The van der Waals surface area contributed by atoms with Crippen molar-refractivity contribution in [3.8, 4) is 0 Å². The molecule has 0 aromatic heterocycles. The Bertz CT molecular complexity index is 983. The van der Waals surface area contributed by atoms with E-state index in [-0.39, 0.29) is 5.56 Å². The quantitative estimate of drug-likeness (QED) is 0.514. The van der Waals surface area contributed by atoms with Gasteiger partial charge in [0, 0.05) is 6.07 Å². The Morgan fingerprint density at radius 2 is 1.32 bits per heavy atom. The molecule has 1 N–H and O–H groups in total. The van der Waals surface area contributed by atoms with Crippen LogP contribution in [0.25, 0.3) is 0 Å². The van der Waals surface area contributed by atoms with Crippen molar-refractivity contribution >= 4 is 17.3 Å². The second kappa shape index (κ2) is 8.09. The maximum Gasteiger partial charge on any atom is 0.289 e. The van der Waals surface area contributed by atoms with Crippen molar-refractivity contribution < 1.29 is 14.6 Å². The topological polar surface area (TPSA) is 115 Å². The highest BCUT2D eigenvalue weighted by Gasteiger charge is 2.26. The summed E-state index contributed by atoms with van der Waals surface area (Å²) >= 11 is 0. The van der Waals surface area contributed by atoms with E-state index in [2.05, 4.69) is 5.32 Å². The molecule has 28 heavy (non-hydrogen) atoms. The summed E-state index contributed by atoms with van der Waals surface area (Å²) in [5, 5.41) is 25.0. The molecule has 0 bridgehead atoms. The third kappa shape index (κ3) is 4.01. The largest absolute Gasteiger partial charge is 0.341 e. The number of non-ortho nitro benzene ring substituents is 1. The third-order valence-corrected chi connectivity index (χ3v) is 4.17. The first-order valence-corrected chi connectivity index (χ1v) is 8.31. The van der Waals surface area contributed by atoms with Crippen molar-refractivity contribution in [3.05, 3.63) is 116 Å². The molecule has 0 spiro atoms. The Morgan fingerprint density at radius 3 is 1.79 bits per heavy atom. The van der Waals surface area contributed by atoms with E-state index in [0.717, 1.165) is 29.3 Å². The fourth-order valence-electron chi connectivity index (χ4n) is 2.84. The van der Waals surface area contributed by atoms with Gasteiger partial charge in [-0.2, -0.15) is 0 Å². The summed E-state index contributed by atoms with van der Waals surface area (Å²) in [5.74, 6) is -0.695. The van der Waals surface area contributed by atoms with Gasteiger partial charge in [-0.1, -0.05) is 60.7 Å². The molecule has 0 aliphatic carbocycles. The van der Waals surface area contributed by atoms with E-state index in [1.165, 1.54) is 0 Å². The fraction of sp³-hybridized carbons (Fsp3) is 0.0500. The van der Waals surface area contributed by atoms with Crippen LogP contribution in [0.15, 0.2) is 78.9 Å². The van der Waals surface area contributed by atoms with Crippen molar-refractivity contribution in [2.45, 2.75) is 6.04 Å². The Labute approximate surface area is 159 Å². The number of amides is 1. The Morgan fingerprint density at radius 1 is 0.786 bits per heavy atom. The van der Waals surface area contributed by atoms with Gasteiger partial charge in [0.15, 0.2) is 0 Å². The lowest BCUT2D eigenvalue weighted by atomic mass is 9.98. The second-order valence-electron chi connectivity index (χ2n) is 5.94. The molecule has 8 heteroatoms. The zero-order valence-corrected chi connectivity index (χ0v) is 14.5. The lowest BCUT2D eigenvalue weighted by Gasteiger charge is -2.20. The van der Waals surface area contributed by atoms with Gasteiger partial charge < -0.3 is 5.32 Å². The van der Waals surface area contributed by atoms with Crippen molar-refractivity contribution in [3.63, 3.8) is 0 Å². The molecule has 8 nitrogen and oxygen atoms in total. The number of carbonyl (C=O) groups excluding carboxylic acids is 1. The minimum absolute atomic E-state index is 0.243. The van der Waals surface area contributed by atoms with Gasteiger partial charge in [-0.15, -0.1) is 0 Å². The van der Waals surface area contributed by atoms with Gasteiger partial charge in [-0.05, 0) is 17.2 Å². The number of hydrogen-bond donors (Lipinski definition) is 1. The van der Waals surface area contributed by atoms with Gasteiger partial charge in [-0.25, -0.2) is 0 Å². The van der Waals surface area contributed by atoms with Gasteiger partial charge in [0.05, 0.1) is 22.0 Å². The average Bonchev–Trinajstić information content (AvgIpc) is 2.72. The molecule has 0 saturated heterocycles. The maximum atomic E-state index is 12.8. The van der Waals surface area contributed by atoms with Gasteiger partial charge in [0.1, 0.15) is 5.56 Å². The van der Waals surface area contributed by atoms with Crippen LogP contribution in [0.4, 0.5) is 11.4 Å². The highest BCUT2D eigenvalue weighted by molar-refractivity contribution is 5.99. The maximum absolute atomic E-state index is 12.8. The zero-order chi connectivity index (χ0) is 20.1. The molecule has 3 aromatic carbocycles. The molecular formula is C20H15N3O5. The smallest absolute Gasteiger partial charge is 0.289 e. The lowest BCUT2D eigenvalue weighted by molar-refractivity contribution is -0.394. The predicted molar refractivity (Wildman–Crippen MR) is 102 cm³/mol. The molecule has 0 saturated carbocycles. The number of nitrogens with zero attached hydrogens (tertiary/aromatic N) is 2. The van der Waals surface area contributed by atoms with Crippen LogP contribution in [0.2, 0.25) is 0 Å². The van der Waals surface area contributed by atoms with E-state index < -0.39 is 33.2 Å². The summed E-state index contributed by atoms with van der Waals surface area (Å²) in [6.07, 6.45) is 0. The molecule has 0 aliphatic heterocycles. The van der Waals surface area contributed by atoms with Crippen molar-refractivity contribution in [1.29, 1.82) is 0 Å². The third-order valence-electron chi connectivity index (χ3n) is 4.17. The summed E-state index contributed by atoms with van der Waals surface area (Å²) in [6, 6.07) is 20.7. The molecule has 1 amide bonds. The first-order chi connectivity index (χ1) is 13.5. The molecule has 0 aliphatic rings. The minimum atomic E-state index is -0.804. The van der Waals surface area contributed by atoms with Gasteiger partial charge in [-0.3, -0.25) is 25.0 Å². The highest BCUT2D eigenvalue weighted by atomic mass is 16.6. The minimum Gasteiger partial charge on any atom is -0.341 e. The number of nitro groups is 2. The summed E-state index contributed by atoms with van der Waals surface area (Å²) < 4.78 is 0. The van der Waals surface area contributed by atoms with E-state index >= 15 is 0 Å². The van der Waals surface area contributed by atoms with Crippen LogP contribution in [-0.4, -0.2) is 15.8 Å². The van der Waals surface area contributed by atoms with Crippen LogP contribution in [0.1, 0.15) is 27.5 Å². The van der Waals surface area contributed by atoms with Crippen molar-refractivity contribution in [1.82, 2.24) is 5.32 Å². The van der Waals surface area contributed by atoms with Gasteiger partial charge in [0.25, 0.3) is 17.3 Å². The van der Waals surface area contributed by atoms with Crippen LogP contribution in [0.5, 0.6) is 0 Å². The Kier molecular flexibility index (Phi) is 5.40. The van der Waals surface area contributed by atoms with E-state index in [1.54, 1.807) is 0 Å². The molecule has 3 aromatic rings. The van der Waals surface area contributed by atoms with E-state index in [0.29, 0.717) is 0 Å². The number of nitro benzene ring substituents is 2. The Balaban J connectivity index is 1.99. The summed E-state index contributed by atoms with van der Waals surface area (Å²) in [7, 11) is 0. The molecule has 0 radical (unpaired) electrons. The van der Waals surface area contributed by atoms with Crippen LogP contribution >= 0.6 is 0 Å². The molecule has 3 rings (SSSR count). The first-order valence-electron chi connectivity index (χ1n) is 8.31. The summed E-state index contributed by atoms with van der Waals surface area (Å²) in [5.41, 5.74) is 0.281. The standard InChI is InChI=1S/C20H15N3O5/c24-20(17-12-11-16(22(25)26)13-18(17)23(27)28)21-19(14-7-3-1-4-8-14)15-9-5-2-6-10-15/h1-13,19H,(H,21,24). The lowest BCUT2D eigenvalue weighted by Crippen LogP contribution is -2.29. The monoisotopic (exact) mass is 377 g/mol. The van der Waals surface area contributed by atoms with Gasteiger partial charge >= 0.3 is 0 Å². The van der Waals surface area contributed by atoms with E-state index in [9.17, 15) is 25.0 Å².